The number of fused-ring (bicyclic) bond motifs is 3. The number of hydrogen-bond acceptors (Lipinski definition) is 1. The molecule has 3 fully saturated rings. The van der Waals surface area contributed by atoms with Crippen LogP contribution >= 0.6 is 0 Å². The summed E-state index contributed by atoms with van der Waals surface area (Å²) in [4.78, 5) is 11.4. The maximum Gasteiger partial charge on any atom is 0.136 e. The van der Waals surface area contributed by atoms with Crippen LogP contribution in [0.15, 0.2) is 0 Å². The van der Waals surface area contributed by atoms with Crippen LogP contribution < -0.4 is 0 Å². The monoisotopic (exact) mass is 152 g/mol. The van der Waals surface area contributed by atoms with Crippen molar-refractivity contribution in [1.82, 2.24) is 0 Å². The Balaban J connectivity index is 2.13. The number of ketones is 1. The zero-order valence-corrected chi connectivity index (χ0v) is 7.18. The van der Waals surface area contributed by atoms with Gasteiger partial charge in [-0.1, -0.05) is 13.3 Å². The van der Waals surface area contributed by atoms with Gasteiger partial charge in [-0.05, 0) is 31.1 Å². The van der Waals surface area contributed by atoms with Crippen LogP contribution in [0.1, 0.15) is 39.0 Å². The van der Waals surface area contributed by atoms with Crippen molar-refractivity contribution in [3.05, 3.63) is 0 Å². The molecule has 0 aromatic heterocycles. The third-order valence-corrected chi connectivity index (χ3v) is 3.52. The Bertz CT molecular complexity index is 174. The molecule has 0 amide bonds. The number of carbonyl (C=O) groups is 1. The predicted octanol–water partition coefficient (Wildman–Crippen LogP) is 2.40. The molecule has 3 aliphatic rings. The second-order valence-electron chi connectivity index (χ2n) is 4.12. The first kappa shape index (κ1) is 7.33. The lowest BCUT2D eigenvalue weighted by Crippen LogP contribution is -2.38. The zero-order chi connectivity index (χ0) is 7.84. The van der Waals surface area contributed by atoms with Crippen molar-refractivity contribution in [3.8, 4) is 0 Å². The van der Waals surface area contributed by atoms with E-state index in [1.54, 1.807) is 0 Å². The first-order valence-corrected chi connectivity index (χ1v) is 4.84. The number of hydrogen-bond donors (Lipinski definition) is 0. The van der Waals surface area contributed by atoms with E-state index in [1.807, 2.05) is 0 Å². The highest BCUT2D eigenvalue weighted by Crippen LogP contribution is 2.43. The Morgan fingerprint density at radius 3 is 2.73 bits per heavy atom. The molecule has 0 radical (unpaired) electrons. The molecule has 0 aromatic carbocycles. The smallest absolute Gasteiger partial charge is 0.136 e. The molecule has 1 heteroatoms. The summed E-state index contributed by atoms with van der Waals surface area (Å²) in [5.41, 5.74) is 0. The molecule has 3 unspecified atom stereocenters. The molecule has 0 aromatic rings. The molecule has 1 nitrogen and oxygen atoms in total. The topological polar surface area (TPSA) is 17.1 Å². The van der Waals surface area contributed by atoms with Gasteiger partial charge in [0.15, 0.2) is 0 Å². The largest absolute Gasteiger partial charge is 0.299 e. The first-order valence-electron chi connectivity index (χ1n) is 4.84. The van der Waals surface area contributed by atoms with Crippen molar-refractivity contribution in [3.63, 3.8) is 0 Å². The van der Waals surface area contributed by atoms with E-state index < -0.39 is 0 Å². The van der Waals surface area contributed by atoms with Crippen molar-refractivity contribution < 1.29 is 4.79 Å². The fourth-order valence-electron chi connectivity index (χ4n) is 2.86. The standard InChI is InChI=1S/C10H16O/c1-2-8-5-7-3-4-9(8)10(11)6-7/h7-9H,2-6H2,1H3. The van der Waals surface area contributed by atoms with Gasteiger partial charge in [0.05, 0.1) is 0 Å². The lowest BCUT2D eigenvalue weighted by Gasteiger charge is -2.40. The summed E-state index contributed by atoms with van der Waals surface area (Å²) in [6, 6.07) is 0. The number of carbonyl (C=O) groups excluding carboxylic acids is 1. The van der Waals surface area contributed by atoms with Gasteiger partial charge in [-0.15, -0.1) is 0 Å². The Labute approximate surface area is 68.2 Å². The van der Waals surface area contributed by atoms with Crippen molar-refractivity contribution in [2.75, 3.05) is 0 Å². The molecule has 2 bridgehead atoms. The molecule has 3 atom stereocenters. The van der Waals surface area contributed by atoms with E-state index in [2.05, 4.69) is 6.92 Å². The molecule has 0 saturated heterocycles. The van der Waals surface area contributed by atoms with E-state index in [-0.39, 0.29) is 0 Å². The zero-order valence-electron chi connectivity index (χ0n) is 7.18. The Kier molecular flexibility index (Phi) is 1.74. The minimum absolute atomic E-state index is 0.463. The van der Waals surface area contributed by atoms with E-state index in [1.165, 1.54) is 25.7 Å². The maximum absolute atomic E-state index is 11.4. The van der Waals surface area contributed by atoms with Crippen LogP contribution in [-0.4, -0.2) is 5.78 Å². The minimum Gasteiger partial charge on any atom is -0.299 e. The van der Waals surface area contributed by atoms with E-state index >= 15 is 0 Å². The number of Topliss-reactive ketones (excluding diaryl/α,β-unsaturated/α-hetero) is 1. The molecule has 3 aliphatic carbocycles. The molecule has 0 spiro atoms. The van der Waals surface area contributed by atoms with Crippen LogP contribution in [0.4, 0.5) is 0 Å². The van der Waals surface area contributed by atoms with Crippen LogP contribution in [-0.2, 0) is 4.79 Å². The predicted molar refractivity (Wildman–Crippen MR) is 44.2 cm³/mol. The molecule has 0 N–H and O–H groups in total. The first-order chi connectivity index (χ1) is 5.31. The Morgan fingerprint density at radius 2 is 2.27 bits per heavy atom. The SMILES string of the molecule is CCC1CC2CCC1C(=O)C2. The van der Waals surface area contributed by atoms with Crippen molar-refractivity contribution in [2.45, 2.75) is 39.0 Å². The van der Waals surface area contributed by atoms with Crippen LogP contribution in [0, 0.1) is 17.8 Å². The summed E-state index contributed by atoms with van der Waals surface area (Å²) in [7, 11) is 0. The molecule has 0 heterocycles. The summed E-state index contributed by atoms with van der Waals surface area (Å²) in [6.45, 7) is 2.22. The van der Waals surface area contributed by atoms with Gasteiger partial charge in [0, 0.05) is 12.3 Å². The Hall–Kier alpha value is -0.330. The van der Waals surface area contributed by atoms with E-state index in [9.17, 15) is 4.79 Å². The van der Waals surface area contributed by atoms with Crippen molar-refractivity contribution in [1.29, 1.82) is 0 Å². The lowest BCUT2D eigenvalue weighted by atomic mass is 9.63. The van der Waals surface area contributed by atoms with Gasteiger partial charge in [-0.2, -0.15) is 0 Å². The van der Waals surface area contributed by atoms with Gasteiger partial charge in [0.25, 0.3) is 0 Å². The third-order valence-electron chi connectivity index (χ3n) is 3.52. The van der Waals surface area contributed by atoms with Gasteiger partial charge < -0.3 is 0 Å². The Morgan fingerprint density at radius 1 is 1.45 bits per heavy atom. The number of rotatable bonds is 1. The lowest BCUT2D eigenvalue weighted by molar-refractivity contribution is -0.132. The average molecular weight is 152 g/mol. The van der Waals surface area contributed by atoms with Crippen molar-refractivity contribution >= 4 is 5.78 Å². The van der Waals surface area contributed by atoms with Gasteiger partial charge in [-0.25, -0.2) is 0 Å². The highest BCUT2D eigenvalue weighted by molar-refractivity contribution is 5.83. The summed E-state index contributed by atoms with van der Waals surface area (Å²) >= 11 is 0. The summed E-state index contributed by atoms with van der Waals surface area (Å²) in [6.07, 6.45) is 5.98. The third kappa shape index (κ3) is 1.11. The van der Waals surface area contributed by atoms with Crippen LogP contribution in [0.25, 0.3) is 0 Å². The second-order valence-corrected chi connectivity index (χ2v) is 4.12. The van der Waals surface area contributed by atoms with Gasteiger partial charge in [0.1, 0.15) is 5.78 Å². The maximum atomic E-state index is 11.4. The van der Waals surface area contributed by atoms with Crippen LogP contribution in [0.2, 0.25) is 0 Å². The van der Waals surface area contributed by atoms with E-state index in [0.717, 1.165) is 18.3 Å². The molecule has 3 rings (SSSR count). The normalized spacial score (nSPS) is 43.0. The fourth-order valence-corrected chi connectivity index (χ4v) is 2.86. The van der Waals surface area contributed by atoms with Crippen LogP contribution in [0.3, 0.4) is 0 Å². The van der Waals surface area contributed by atoms with E-state index in [4.69, 9.17) is 0 Å². The fraction of sp³-hybridized carbons (Fsp3) is 0.900. The molecule has 3 saturated carbocycles. The highest BCUT2D eigenvalue weighted by Gasteiger charge is 2.39. The molecule has 62 valence electrons. The molecule has 0 aliphatic heterocycles. The highest BCUT2D eigenvalue weighted by atomic mass is 16.1. The van der Waals surface area contributed by atoms with Gasteiger partial charge >= 0.3 is 0 Å². The van der Waals surface area contributed by atoms with Gasteiger partial charge in [-0.3, -0.25) is 4.79 Å². The van der Waals surface area contributed by atoms with Crippen LogP contribution in [0.5, 0.6) is 0 Å². The summed E-state index contributed by atoms with van der Waals surface area (Å²) < 4.78 is 0. The molecule has 11 heavy (non-hydrogen) atoms. The quantitative estimate of drug-likeness (QED) is 0.564. The van der Waals surface area contributed by atoms with E-state index in [0.29, 0.717) is 11.7 Å². The summed E-state index contributed by atoms with van der Waals surface area (Å²) in [5, 5.41) is 0. The average Bonchev–Trinajstić information content (AvgIpc) is 2.04. The second kappa shape index (κ2) is 2.62. The summed E-state index contributed by atoms with van der Waals surface area (Å²) in [5.74, 6) is 2.54. The van der Waals surface area contributed by atoms with Gasteiger partial charge in [0.2, 0.25) is 0 Å². The van der Waals surface area contributed by atoms with Crippen molar-refractivity contribution in [2.24, 2.45) is 17.8 Å². The molecular formula is C10H16O. The molecular weight excluding hydrogens is 136 g/mol. The minimum atomic E-state index is 0.463.